The van der Waals surface area contributed by atoms with Crippen molar-refractivity contribution in [3.05, 3.63) is 120 Å². The van der Waals surface area contributed by atoms with Crippen molar-refractivity contribution in [2.45, 2.75) is 58.2 Å². The van der Waals surface area contributed by atoms with E-state index < -0.39 is 25.9 Å². The average molecular weight is 688 g/mol. The van der Waals surface area contributed by atoms with Crippen molar-refractivity contribution in [3.8, 4) is 0 Å². The molecule has 256 valence electrons. The summed E-state index contributed by atoms with van der Waals surface area (Å²) in [5.74, 6) is -0.977. The van der Waals surface area contributed by atoms with E-state index in [0.717, 1.165) is 11.1 Å². The van der Waals surface area contributed by atoms with Gasteiger partial charge in [0.1, 0.15) is 12.4 Å². The van der Waals surface area contributed by atoms with Crippen LogP contribution in [-0.2, 0) is 45.6 Å². The van der Waals surface area contributed by atoms with Gasteiger partial charge < -0.3 is 19.5 Å². The Morgan fingerprint density at radius 3 is 2.06 bits per heavy atom. The molecule has 6 rings (SSSR count). The molecule has 1 N–H and O–H groups in total. The molecule has 3 heterocycles. The smallest absolute Gasteiger partial charge is 0.353 e. The molecule has 1 fully saturated rings. The number of nitrogens with zero attached hydrogens (tertiary/aromatic N) is 4. The first-order valence-corrected chi connectivity index (χ1v) is 17.3. The first-order chi connectivity index (χ1) is 23.7. The van der Waals surface area contributed by atoms with Gasteiger partial charge in [-0.1, -0.05) is 78.9 Å². The van der Waals surface area contributed by atoms with Gasteiger partial charge in [-0.25, -0.2) is 19.5 Å². The number of rotatable bonds is 15. The quantitative estimate of drug-likeness (QED) is 0.0928. The monoisotopic (exact) mass is 687 g/mol. The Morgan fingerprint density at radius 2 is 1.47 bits per heavy atom. The molecular formula is C35H38N5O8P. The summed E-state index contributed by atoms with van der Waals surface area (Å²) in [7, 11) is -4.03. The lowest BCUT2D eigenvalue weighted by molar-refractivity contribution is -0.169. The highest BCUT2D eigenvalue weighted by Crippen LogP contribution is 2.51. The van der Waals surface area contributed by atoms with Gasteiger partial charge in [0.05, 0.1) is 38.9 Å². The van der Waals surface area contributed by atoms with E-state index in [2.05, 4.69) is 20.3 Å². The summed E-state index contributed by atoms with van der Waals surface area (Å²) in [5, 5.41) is 2.82. The number of carbonyl (C=O) groups is 1. The SMILES string of the molecule is C[C@@H]1OC(C)(C)OC1C(OCCOP(=O)(OCc1ccccc1)OCc1ccccc1)n1cnc2c(NC(=O)c3ccccc3)ncnc21. The van der Waals surface area contributed by atoms with Crippen LogP contribution in [0.15, 0.2) is 104 Å². The Balaban J connectivity index is 1.19. The number of imidazole rings is 1. The topological polar surface area (TPSA) is 145 Å². The third kappa shape index (κ3) is 8.83. The Morgan fingerprint density at radius 1 is 0.857 bits per heavy atom. The van der Waals surface area contributed by atoms with Gasteiger partial charge in [-0.3, -0.25) is 22.9 Å². The number of aromatic nitrogens is 4. The lowest BCUT2D eigenvalue weighted by Gasteiger charge is -2.27. The van der Waals surface area contributed by atoms with Crippen LogP contribution in [0.2, 0.25) is 0 Å². The minimum atomic E-state index is -4.03. The van der Waals surface area contributed by atoms with Crippen molar-refractivity contribution in [1.29, 1.82) is 0 Å². The van der Waals surface area contributed by atoms with Crippen LogP contribution < -0.4 is 5.32 Å². The average Bonchev–Trinajstić information content (AvgIpc) is 3.67. The lowest BCUT2D eigenvalue weighted by Crippen LogP contribution is -2.34. The van der Waals surface area contributed by atoms with Crippen LogP contribution in [0, 0.1) is 0 Å². The maximum atomic E-state index is 13.8. The normalized spacial score (nSPS) is 18.0. The summed E-state index contributed by atoms with van der Waals surface area (Å²) in [6.07, 6.45) is 1.09. The molecule has 1 amide bonds. The van der Waals surface area contributed by atoms with Crippen molar-refractivity contribution < 1.29 is 37.1 Å². The number of carbonyl (C=O) groups excluding carboxylic acids is 1. The third-order valence-electron chi connectivity index (χ3n) is 7.62. The fourth-order valence-corrected chi connectivity index (χ4v) is 6.51. The van der Waals surface area contributed by atoms with Crippen LogP contribution in [0.3, 0.4) is 0 Å². The predicted molar refractivity (Wildman–Crippen MR) is 180 cm³/mol. The predicted octanol–water partition coefficient (Wildman–Crippen LogP) is 6.69. The summed E-state index contributed by atoms with van der Waals surface area (Å²) in [5.41, 5.74) is 2.85. The van der Waals surface area contributed by atoms with E-state index in [0.29, 0.717) is 16.7 Å². The Labute approximate surface area is 284 Å². The molecule has 49 heavy (non-hydrogen) atoms. The van der Waals surface area contributed by atoms with Crippen LogP contribution in [-0.4, -0.2) is 56.6 Å². The minimum absolute atomic E-state index is 0.0279. The minimum Gasteiger partial charge on any atom is -0.353 e. The molecule has 2 aromatic heterocycles. The summed E-state index contributed by atoms with van der Waals surface area (Å²) < 4.78 is 51.4. The van der Waals surface area contributed by atoms with Crippen LogP contribution >= 0.6 is 7.82 Å². The zero-order chi connectivity index (χ0) is 34.3. The highest BCUT2D eigenvalue weighted by Gasteiger charge is 2.45. The number of amides is 1. The van der Waals surface area contributed by atoms with Gasteiger partial charge in [0.25, 0.3) is 5.91 Å². The molecule has 0 aliphatic carbocycles. The van der Waals surface area contributed by atoms with Gasteiger partial charge in [0, 0.05) is 5.56 Å². The second kappa shape index (κ2) is 15.5. The number of hydrogen-bond donors (Lipinski definition) is 1. The molecule has 1 saturated heterocycles. The summed E-state index contributed by atoms with van der Waals surface area (Å²) in [6.45, 7) is 5.41. The van der Waals surface area contributed by atoms with Crippen molar-refractivity contribution >= 4 is 30.7 Å². The molecule has 3 atom stereocenters. The Hall–Kier alpha value is -4.33. The van der Waals surface area contributed by atoms with Gasteiger partial charge in [-0.15, -0.1) is 0 Å². The molecule has 1 aliphatic rings. The molecular weight excluding hydrogens is 649 g/mol. The molecule has 13 nitrogen and oxygen atoms in total. The molecule has 3 aromatic carbocycles. The summed E-state index contributed by atoms with van der Waals surface area (Å²) in [4.78, 5) is 26.2. The fourth-order valence-electron chi connectivity index (χ4n) is 5.37. The molecule has 1 aliphatic heterocycles. The van der Waals surface area contributed by atoms with Crippen LogP contribution in [0.1, 0.15) is 48.5 Å². The number of phosphoric ester groups is 1. The summed E-state index contributed by atoms with van der Waals surface area (Å²) in [6, 6.07) is 27.5. The number of anilines is 1. The Kier molecular flexibility index (Phi) is 10.9. The van der Waals surface area contributed by atoms with Crippen molar-refractivity contribution in [1.82, 2.24) is 19.5 Å². The van der Waals surface area contributed by atoms with Crippen molar-refractivity contribution in [2.24, 2.45) is 0 Å². The first kappa shape index (κ1) is 34.5. The number of phosphoric acid groups is 1. The highest BCUT2D eigenvalue weighted by molar-refractivity contribution is 7.48. The largest absolute Gasteiger partial charge is 0.475 e. The number of hydrogen-bond acceptors (Lipinski definition) is 11. The van der Waals surface area contributed by atoms with Crippen LogP contribution in [0.25, 0.3) is 11.2 Å². The van der Waals surface area contributed by atoms with E-state index in [1.54, 1.807) is 35.2 Å². The van der Waals surface area contributed by atoms with E-state index in [-0.39, 0.29) is 44.3 Å². The molecule has 14 heteroatoms. The first-order valence-electron chi connectivity index (χ1n) is 15.8. The summed E-state index contributed by atoms with van der Waals surface area (Å²) >= 11 is 0. The maximum absolute atomic E-state index is 13.8. The second-order valence-electron chi connectivity index (χ2n) is 11.7. The van der Waals surface area contributed by atoms with Gasteiger partial charge in [0.15, 0.2) is 29.0 Å². The standard InChI is InChI=1S/C35H38N5O8P/c1-25-30(48-35(2,3)47-25)34(40-24-38-29-31(36-23-37-32(29)40)39-33(41)28-17-11-6-12-18-28)43-19-20-44-49(42,45-21-26-13-7-4-8-14-26)46-22-27-15-9-5-10-16-27/h4-18,23-25,30,34H,19-22H2,1-3H3,(H,36,37,39,41)/t25-,30?,34?/m0/s1. The molecule has 5 aromatic rings. The third-order valence-corrected chi connectivity index (χ3v) is 9.01. The van der Waals surface area contributed by atoms with Gasteiger partial charge >= 0.3 is 7.82 Å². The molecule has 0 saturated carbocycles. The van der Waals surface area contributed by atoms with E-state index in [1.165, 1.54) is 6.33 Å². The molecule has 0 radical (unpaired) electrons. The number of benzene rings is 3. The van der Waals surface area contributed by atoms with E-state index in [1.807, 2.05) is 87.5 Å². The van der Waals surface area contributed by atoms with Crippen LogP contribution in [0.5, 0.6) is 0 Å². The van der Waals surface area contributed by atoms with Crippen molar-refractivity contribution in [2.75, 3.05) is 18.5 Å². The van der Waals surface area contributed by atoms with E-state index in [4.69, 9.17) is 27.8 Å². The van der Waals surface area contributed by atoms with Gasteiger partial charge in [-0.05, 0) is 44.0 Å². The second-order valence-corrected chi connectivity index (χ2v) is 13.4. The highest BCUT2D eigenvalue weighted by atomic mass is 31.2. The number of fused-ring (bicyclic) bond motifs is 1. The lowest BCUT2D eigenvalue weighted by atomic mass is 10.2. The van der Waals surface area contributed by atoms with Crippen LogP contribution in [0.4, 0.5) is 5.82 Å². The van der Waals surface area contributed by atoms with Gasteiger partial charge in [0.2, 0.25) is 0 Å². The zero-order valence-electron chi connectivity index (χ0n) is 27.4. The fraction of sp³-hybridized carbons (Fsp3) is 0.314. The zero-order valence-corrected chi connectivity index (χ0v) is 28.3. The maximum Gasteiger partial charge on any atom is 0.475 e. The number of nitrogens with one attached hydrogen (secondary N) is 1. The molecule has 0 bridgehead atoms. The van der Waals surface area contributed by atoms with Crippen molar-refractivity contribution in [3.63, 3.8) is 0 Å². The van der Waals surface area contributed by atoms with Gasteiger partial charge in [-0.2, -0.15) is 0 Å². The molecule has 2 unspecified atom stereocenters. The Bertz CT molecular complexity index is 1830. The molecule has 0 spiro atoms. The number of ether oxygens (including phenoxy) is 3. The van der Waals surface area contributed by atoms with E-state index in [9.17, 15) is 9.36 Å². The van der Waals surface area contributed by atoms with E-state index >= 15 is 0 Å².